The summed E-state index contributed by atoms with van der Waals surface area (Å²) in [6, 6.07) is 14.3. The molecule has 0 amide bonds. The van der Waals surface area contributed by atoms with Crippen LogP contribution in [0.1, 0.15) is 34.8 Å². The molecule has 0 bridgehead atoms. The van der Waals surface area contributed by atoms with Gasteiger partial charge in [0.05, 0.1) is 20.8 Å². The number of aromatic nitrogens is 2. The minimum Gasteiger partial charge on any atom is -0.493 e. The lowest BCUT2D eigenvalue weighted by Gasteiger charge is -2.16. The number of nitrogens with two attached hydrogens (primary N) is 1. The first-order valence-corrected chi connectivity index (χ1v) is 11.4. The molecule has 10 nitrogen and oxygen atoms in total. The number of benzene rings is 2. The monoisotopic (exact) mass is 495 g/mol. The van der Waals surface area contributed by atoms with E-state index in [1.807, 2.05) is 6.07 Å². The van der Waals surface area contributed by atoms with Crippen molar-refractivity contribution < 1.29 is 23.8 Å². The second kappa shape index (κ2) is 11.9. The minimum atomic E-state index is -0.810. The first-order chi connectivity index (χ1) is 17.3. The van der Waals surface area contributed by atoms with E-state index in [9.17, 15) is 19.2 Å². The van der Waals surface area contributed by atoms with Gasteiger partial charge < -0.3 is 19.9 Å². The molecule has 0 unspecified atom stereocenters. The van der Waals surface area contributed by atoms with Crippen molar-refractivity contribution in [2.75, 3.05) is 26.6 Å². The van der Waals surface area contributed by atoms with Gasteiger partial charge in [-0.15, -0.1) is 0 Å². The fraction of sp³-hybridized carbons (Fsp3) is 0.308. The molecule has 36 heavy (non-hydrogen) atoms. The van der Waals surface area contributed by atoms with Crippen molar-refractivity contribution in [3.63, 3.8) is 0 Å². The van der Waals surface area contributed by atoms with Crippen molar-refractivity contribution in [2.24, 2.45) is 0 Å². The van der Waals surface area contributed by atoms with Crippen molar-refractivity contribution in [1.29, 1.82) is 0 Å². The third-order valence-electron chi connectivity index (χ3n) is 5.68. The molecule has 3 rings (SSSR count). The van der Waals surface area contributed by atoms with Gasteiger partial charge in [-0.1, -0.05) is 36.4 Å². The molecular weight excluding hydrogens is 466 g/mol. The van der Waals surface area contributed by atoms with Crippen LogP contribution in [0.3, 0.4) is 0 Å². The average molecular weight is 496 g/mol. The van der Waals surface area contributed by atoms with Crippen molar-refractivity contribution >= 4 is 17.6 Å². The number of carbonyl (C=O) groups is 2. The van der Waals surface area contributed by atoms with Crippen LogP contribution >= 0.6 is 0 Å². The number of aryl methyl sites for hydroxylation is 1. The highest BCUT2D eigenvalue weighted by Crippen LogP contribution is 2.28. The summed E-state index contributed by atoms with van der Waals surface area (Å²) in [6.45, 7) is 1.08. The number of hydrogen-bond donors (Lipinski definition) is 1. The average Bonchev–Trinajstić information content (AvgIpc) is 2.89. The number of ether oxygens (including phenoxy) is 3. The van der Waals surface area contributed by atoms with Crippen LogP contribution in [-0.2, 0) is 29.0 Å². The predicted molar refractivity (Wildman–Crippen MR) is 134 cm³/mol. The smallest absolute Gasteiger partial charge is 0.332 e. The molecule has 190 valence electrons. The Kier molecular flexibility index (Phi) is 8.66. The zero-order valence-electron chi connectivity index (χ0n) is 20.5. The van der Waals surface area contributed by atoms with Gasteiger partial charge in [0.2, 0.25) is 5.78 Å². The van der Waals surface area contributed by atoms with Gasteiger partial charge in [-0.05, 0) is 36.6 Å². The zero-order valence-corrected chi connectivity index (χ0v) is 20.5. The van der Waals surface area contributed by atoms with Gasteiger partial charge >= 0.3 is 11.7 Å². The van der Waals surface area contributed by atoms with E-state index < -0.39 is 29.6 Å². The Bertz CT molecular complexity index is 1360. The van der Waals surface area contributed by atoms with Crippen LogP contribution in [0.2, 0.25) is 0 Å². The molecule has 0 saturated carbocycles. The van der Waals surface area contributed by atoms with E-state index in [0.29, 0.717) is 17.9 Å². The molecule has 0 saturated heterocycles. The zero-order chi connectivity index (χ0) is 26.2. The fourth-order valence-electron chi connectivity index (χ4n) is 3.75. The van der Waals surface area contributed by atoms with E-state index in [0.717, 1.165) is 15.7 Å². The molecule has 3 aromatic rings. The van der Waals surface area contributed by atoms with Gasteiger partial charge in [-0.2, -0.15) is 0 Å². The summed E-state index contributed by atoms with van der Waals surface area (Å²) in [4.78, 5) is 50.8. The first kappa shape index (κ1) is 26.3. The number of carbonyl (C=O) groups excluding carboxylic acids is 2. The van der Waals surface area contributed by atoms with E-state index in [1.165, 1.54) is 18.8 Å². The molecule has 2 N–H and O–H groups in total. The lowest BCUT2D eigenvalue weighted by Crippen LogP contribution is -2.44. The number of hydrogen-bond acceptors (Lipinski definition) is 8. The van der Waals surface area contributed by atoms with Crippen LogP contribution in [-0.4, -0.2) is 41.7 Å². The quantitative estimate of drug-likeness (QED) is 0.316. The third-order valence-corrected chi connectivity index (χ3v) is 5.68. The van der Waals surface area contributed by atoms with E-state index >= 15 is 0 Å². The molecule has 0 atom stereocenters. The van der Waals surface area contributed by atoms with Gasteiger partial charge in [0.15, 0.2) is 18.1 Å². The number of anilines is 1. The SMILES string of the molecule is CCn1c(=O)c(C(=O)COC(=O)CCc2ccc(OC)c(OC)c2)c(N)n(Cc2ccccc2)c1=O. The van der Waals surface area contributed by atoms with Crippen LogP contribution in [0.25, 0.3) is 0 Å². The molecule has 0 aliphatic heterocycles. The third kappa shape index (κ3) is 5.83. The largest absolute Gasteiger partial charge is 0.493 e. The Morgan fingerprint density at radius 1 is 0.917 bits per heavy atom. The number of Topliss-reactive ketones (excluding diaryl/α,β-unsaturated/α-hetero) is 1. The van der Waals surface area contributed by atoms with Gasteiger partial charge in [0.25, 0.3) is 5.56 Å². The maximum absolute atomic E-state index is 12.9. The molecule has 10 heteroatoms. The number of esters is 1. The summed E-state index contributed by atoms with van der Waals surface area (Å²) in [5.74, 6) is -0.554. The summed E-state index contributed by atoms with van der Waals surface area (Å²) >= 11 is 0. The van der Waals surface area contributed by atoms with E-state index in [2.05, 4.69) is 0 Å². The van der Waals surface area contributed by atoms with Crippen LogP contribution in [0.15, 0.2) is 58.1 Å². The summed E-state index contributed by atoms with van der Waals surface area (Å²) < 4.78 is 17.7. The van der Waals surface area contributed by atoms with Crippen LogP contribution in [0.4, 0.5) is 5.82 Å². The normalized spacial score (nSPS) is 10.6. The molecule has 0 fully saturated rings. The van der Waals surface area contributed by atoms with Crippen molar-refractivity contribution in [3.8, 4) is 11.5 Å². The number of nitrogens with zero attached hydrogens (tertiary/aromatic N) is 2. The Morgan fingerprint density at radius 2 is 1.61 bits per heavy atom. The number of nitrogen functional groups attached to an aromatic ring is 1. The Labute approximate surface area is 207 Å². The lowest BCUT2D eigenvalue weighted by atomic mass is 10.1. The molecule has 1 aromatic heterocycles. The second-order valence-electron chi connectivity index (χ2n) is 7.94. The molecule has 0 aliphatic rings. The van der Waals surface area contributed by atoms with Crippen molar-refractivity contribution in [1.82, 2.24) is 9.13 Å². The number of methoxy groups -OCH3 is 2. The molecule has 1 heterocycles. The summed E-state index contributed by atoms with van der Waals surface area (Å²) in [7, 11) is 3.05. The highest BCUT2D eigenvalue weighted by Gasteiger charge is 2.23. The highest BCUT2D eigenvalue weighted by atomic mass is 16.5. The van der Waals surface area contributed by atoms with Gasteiger partial charge in [-0.3, -0.25) is 23.5 Å². The van der Waals surface area contributed by atoms with E-state index in [-0.39, 0.29) is 30.9 Å². The number of ketones is 1. The maximum Gasteiger partial charge on any atom is 0.332 e. The number of rotatable bonds is 11. The van der Waals surface area contributed by atoms with Crippen LogP contribution < -0.4 is 26.5 Å². The van der Waals surface area contributed by atoms with Crippen LogP contribution in [0, 0.1) is 0 Å². The topological polar surface area (TPSA) is 132 Å². The van der Waals surface area contributed by atoms with Gasteiger partial charge in [-0.25, -0.2) is 4.79 Å². The van der Waals surface area contributed by atoms with E-state index in [1.54, 1.807) is 49.4 Å². The molecular formula is C26H29N3O7. The fourth-order valence-corrected chi connectivity index (χ4v) is 3.75. The molecule has 0 radical (unpaired) electrons. The Morgan fingerprint density at radius 3 is 2.25 bits per heavy atom. The Balaban J connectivity index is 1.73. The van der Waals surface area contributed by atoms with Gasteiger partial charge in [0.1, 0.15) is 11.4 Å². The Hall–Kier alpha value is -4.34. The summed E-state index contributed by atoms with van der Waals surface area (Å²) in [5, 5.41) is 0. The van der Waals surface area contributed by atoms with Crippen molar-refractivity contribution in [2.45, 2.75) is 32.9 Å². The summed E-state index contributed by atoms with van der Waals surface area (Å²) in [5.41, 5.74) is 5.90. The molecule has 2 aromatic carbocycles. The second-order valence-corrected chi connectivity index (χ2v) is 7.94. The van der Waals surface area contributed by atoms with E-state index in [4.69, 9.17) is 19.9 Å². The van der Waals surface area contributed by atoms with Crippen molar-refractivity contribution in [3.05, 3.63) is 86.1 Å². The molecule has 0 spiro atoms. The predicted octanol–water partition coefficient (Wildman–Crippen LogP) is 2.04. The van der Waals surface area contributed by atoms with Crippen LogP contribution in [0.5, 0.6) is 11.5 Å². The lowest BCUT2D eigenvalue weighted by molar-refractivity contribution is -0.142. The minimum absolute atomic E-state index is 0.00490. The van der Waals surface area contributed by atoms with Gasteiger partial charge in [0, 0.05) is 13.0 Å². The summed E-state index contributed by atoms with van der Waals surface area (Å²) in [6.07, 6.45) is 0.352. The molecule has 0 aliphatic carbocycles. The maximum atomic E-state index is 12.9. The first-order valence-electron chi connectivity index (χ1n) is 11.4. The standard InChI is InChI=1S/C26H29N3O7/c1-4-28-25(32)23(24(27)29(26(28)33)15-18-8-6-5-7-9-18)19(30)16-36-22(31)13-11-17-10-12-20(34-2)21(14-17)35-3/h5-10,12,14H,4,11,13,15-16,27H2,1-3H3. The highest BCUT2D eigenvalue weighted by molar-refractivity contribution is 6.01.